The summed E-state index contributed by atoms with van der Waals surface area (Å²) >= 11 is 0. The maximum Gasteiger partial charge on any atom is 0.320 e. The second kappa shape index (κ2) is 8.73. The molecule has 12 heavy (non-hydrogen) atoms. The van der Waals surface area contributed by atoms with E-state index in [0.29, 0.717) is 26.2 Å². The molecule has 0 aromatic carbocycles. The average Bonchev–Trinajstić information content (AvgIpc) is 1.97. The number of carboxylic acid groups (broad SMARTS) is 1. The first-order valence-corrected chi connectivity index (χ1v) is 3.44. The number of nitrogens with two attached hydrogens (primary N) is 2. The Bertz CT molecular complexity index is 123. The van der Waals surface area contributed by atoms with Gasteiger partial charge in [0.1, 0.15) is 6.04 Å². The number of aliphatic carboxylic acids is 1. The third kappa shape index (κ3) is 7.74. The second-order valence-electron chi connectivity index (χ2n) is 2.13. The van der Waals surface area contributed by atoms with Gasteiger partial charge in [0.25, 0.3) is 0 Å². The van der Waals surface area contributed by atoms with E-state index >= 15 is 0 Å². The molecule has 74 valence electrons. The van der Waals surface area contributed by atoms with E-state index in [1.165, 1.54) is 0 Å². The molecule has 0 aromatic heterocycles. The summed E-state index contributed by atoms with van der Waals surface area (Å²) in [6, 6.07) is -0.826. The molecule has 0 aliphatic heterocycles. The van der Waals surface area contributed by atoms with Crippen LogP contribution in [0.2, 0.25) is 0 Å². The number of hydrogen-bond donors (Lipinski definition) is 3. The van der Waals surface area contributed by atoms with Gasteiger partial charge < -0.3 is 21.3 Å². The fourth-order valence-corrected chi connectivity index (χ4v) is 0.519. The standard InChI is InChI=1S/C6H14N2O3.ClH/c7-2-4-11-3-1-5(8)6(9)10;/h5H,1-4,7-8H2,(H,9,10);1H. The number of rotatable bonds is 6. The van der Waals surface area contributed by atoms with Crippen LogP contribution in [0.1, 0.15) is 6.42 Å². The summed E-state index contributed by atoms with van der Waals surface area (Å²) in [5.41, 5.74) is 10.3. The summed E-state index contributed by atoms with van der Waals surface area (Å²) in [6.45, 7) is 1.25. The van der Waals surface area contributed by atoms with Crippen LogP contribution in [0.25, 0.3) is 0 Å². The Hall–Kier alpha value is -0.360. The molecule has 6 heteroatoms. The quantitative estimate of drug-likeness (QED) is 0.485. The van der Waals surface area contributed by atoms with Crippen molar-refractivity contribution in [2.24, 2.45) is 11.5 Å². The minimum Gasteiger partial charge on any atom is -0.480 e. The van der Waals surface area contributed by atoms with Gasteiger partial charge in [-0.15, -0.1) is 12.4 Å². The topological polar surface area (TPSA) is 98.6 Å². The van der Waals surface area contributed by atoms with Crippen LogP contribution in [0.5, 0.6) is 0 Å². The van der Waals surface area contributed by atoms with Gasteiger partial charge in [0, 0.05) is 13.2 Å². The summed E-state index contributed by atoms with van der Waals surface area (Å²) in [6.07, 6.45) is 0.329. The monoisotopic (exact) mass is 198 g/mol. The first-order valence-electron chi connectivity index (χ1n) is 3.44. The molecular formula is C6H15ClN2O3. The number of hydrogen-bond acceptors (Lipinski definition) is 4. The predicted molar refractivity (Wildman–Crippen MR) is 47.3 cm³/mol. The minimum absolute atomic E-state index is 0. The molecule has 0 rings (SSSR count). The highest BCUT2D eigenvalue weighted by Gasteiger charge is 2.09. The van der Waals surface area contributed by atoms with Gasteiger partial charge in [0.2, 0.25) is 0 Å². The highest BCUT2D eigenvalue weighted by molar-refractivity contribution is 5.85. The Morgan fingerprint density at radius 1 is 1.50 bits per heavy atom. The van der Waals surface area contributed by atoms with Gasteiger partial charge in [-0.05, 0) is 6.42 Å². The van der Waals surface area contributed by atoms with Crippen molar-refractivity contribution < 1.29 is 14.6 Å². The van der Waals surface area contributed by atoms with E-state index in [1.807, 2.05) is 0 Å². The van der Waals surface area contributed by atoms with E-state index in [4.69, 9.17) is 21.3 Å². The van der Waals surface area contributed by atoms with E-state index in [1.54, 1.807) is 0 Å². The van der Waals surface area contributed by atoms with Crippen LogP contribution in [0.4, 0.5) is 0 Å². The first kappa shape index (κ1) is 14.2. The zero-order valence-electron chi connectivity index (χ0n) is 6.73. The van der Waals surface area contributed by atoms with Crippen LogP contribution in [0, 0.1) is 0 Å². The molecule has 0 saturated carbocycles. The lowest BCUT2D eigenvalue weighted by molar-refractivity contribution is -0.139. The zero-order valence-corrected chi connectivity index (χ0v) is 7.55. The highest BCUT2D eigenvalue weighted by atomic mass is 35.5. The first-order chi connectivity index (χ1) is 5.18. The van der Waals surface area contributed by atoms with E-state index < -0.39 is 12.0 Å². The number of carbonyl (C=O) groups is 1. The molecule has 0 aliphatic rings. The fraction of sp³-hybridized carbons (Fsp3) is 0.833. The molecule has 0 radical (unpaired) electrons. The van der Waals surface area contributed by atoms with Gasteiger partial charge in [0.05, 0.1) is 6.61 Å². The van der Waals surface area contributed by atoms with Crippen molar-refractivity contribution in [3.8, 4) is 0 Å². The zero-order chi connectivity index (χ0) is 8.69. The molecule has 5 nitrogen and oxygen atoms in total. The number of carboxylic acids is 1. The van der Waals surface area contributed by atoms with Crippen molar-refractivity contribution in [3.63, 3.8) is 0 Å². The lowest BCUT2D eigenvalue weighted by Gasteiger charge is -2.05. The Balaban J connectivity index is 0. The van der Waals surface area contributed by atoms with Crippen molar-refractivity contribution in [1.82, 2.24) is 0 Å². The third-order valence-electron chi connectivity index (χ3n) is 1.15. The molecule has 0 bridgehead atoms. The lowest BCUT2D eigenvalue weighted by atomic mass is 10.2. The van der Waals surface area contributed by atoms with Crippen molar-refractivity contribution in [2.45, 2.75) is 12.5 Å². The summed E-state index contributed by atoms with van der Waals surface area (Å²) in [5.74, 6) is -0.999. The van der Waals surface area contributed by atoms with Crippen LogP contribution in [0.3, 0.4) is 0 Å². The largest absolute Gasteiger partial charge is 0.480 e. The van der Waals surface area contributed by atoms with Crippen LogP contribution < -0.4 is 11.5 Å². The van der Waals surface area contributed by atoms with Crippen molar-refractivity contribution in [2.75, 3.05) is 19.8 Å². The Kier molecular flexibility index (Phi) is 10.3. The SMILES string of the molecule is Cl.NCCOCCC(N)C(=O)O. The van der Waals surface area contributed by atoms with Gasteiger partial charge in [-0.2, -0.15) is 0 Å². The van der Waals surface area contributed by atoms with E-state index in [0.717, 1.165) is 0 Å². The second-order valence-corrected chi connectivity index (χ2v) is 2.13. The Morgan fingerprint density at radius 3 is 2.50 bits per heavy atom. The van der Waals surface area contributed by atoms with E-state index in [2.05, 4.69) is 0 Å². The van der Waals surface area contributed by atoms with Crippen LogP contribution in [-0.4, -0.2) is 36.9 Å². The maximum absolute atomic E-state index is 10.2. The maximum atomic E-state index is 10.2. The molecule has 0 heterocycles. The van der Waals surface area contributed by atoms with Crippen LogP contribution >= 0.6 is 12.4 Å². The highest BCUT2D eigenvalue weighted by Crippen LogP contribution is 1.88. The lowest BCUT2D eigenvalue weighted by Crippen LogP contribution is -2.31. The van der Waals surface area contributed by atoms with Gasteiger partial charge >= 0.3 is 5.97 Å². The van der Waals surface area contributed by atoms with E-state index in [9.17, 15) is 4.79 Å². The Labute approximate surface area is 77.5 Å². The smallest absolute Gasteiger partial charge is 0.320 e. The van der Waals surface area contributed by atoms with Crippen LogP contribution in [-0.2, 0) is 9.53 Å². The summed E-state index contributed by atoms with van der Waals surface area (Å²) in [7, 11) is 0. The molecule has 0 aromatic rings. The molecule has 0 spiro atoms. The number of halogens is 1. The van der Waals surface area contributed by atoms with Gasteiger partial charge in [-0.3, -0.25) is 4.79 Å². The summed E-state index contributed by atoms with van der Waals surface area (Å²) in [4.78, 5) is 10.2. The molecule has 1 unspecified atom stereocenters. The molecular weight excluding hydrogens is 184 g/mol. The number of ether oxygens (including phenoxy) is 1. The summed E-state index contributed by atoms with van der Waals surface area (Å²) in [5, 5.41) is 8.33. The molecule has 1 atom stereocenters. The minimum atomic E-state index is -0.999. The van der Waals surface area contributed by atoms with Crippen molar-refractivity contribution in [3.05, 3.63) is 0 Å². The van der Waals surface area contributed by atoms with E-state index in [-0.39, 0.29) is 12.4 Å². The normalized spacial score (nSPS) is 11.8. The van der Waals surface area contributed by atoms with Gasteiger partial charge in [-0.25, -0.2) is 0 Å². The molecule has 0 fully saturated rings. The molecule has 0 aliphatic carbocycles. The Morgan fingerprint density at radius 2 is 2.08 bits per heavy atom. The fourth-order valence-electron chi connectivity index (χ4n) is 0.519. The molecule has 0 amide bonds. The molecule has 0 saturated heterocycles. The third-order valence-corrected chi connectivity index (χ3v) is 1.15. The van der Waals surface area contributed by atoms with Crippen LogP contribution in [0.15, 0.2) is 0 Å². The molecule has 5 N–H and O–H groups in total. The van der Waals surface area contributed by atoms with Gasteiger partial charge in [-0.1, -0.05) is 0 Å². The van der Waals surface area contributed by atoms with Gasteiger partial charge in [0.15, 0.2) is 0 Å². The average molecular weight is 199 g/mol. The van der Waals surface area contributed by atoms with Crippen molar-refractivity contribution in [1.29, 1.82) is 0 Å². The predicted octanol–water partition coefficient (Wildman–Crippen LogP) is -0.814. The summed E-state index contributed by atoms with van der Waals surface area (Å²) < 4.78 is 4.94. The van der Waals surface area contributed by atoms with Crippen molar-refractivity contribution >= 4 is 18.4 Å².